The number of nitrogens with zero attached hydrogens (tertiary/aromatic N) is 1. The molecule has 0 spiro atoms. The van der Waals surface area contributed by atoms with Gasteiger partial charge in [0, 0.05) is 13.1 Å². The lowest BCUT2D eigenvalue weighted by Crippen LogP contribution is -2.26. The van der Waals surface area contributed by atoms with Crippen LogP contribution in [-0.4, -0.2) is 18.0 Å². The molecule has 72 valence electrons. The second kappa shape index (κ2) is 6.10. The highest BCUT2D eigenvalue weighted by Gasteiger charge is 2.03. The number of hydrogen-bond acceptors (Lipinski definition) is 1. The summed E-state index contributed by atoms with van der Waals surface area (Å²) in [5.74, 6) is 1.50. The van der Waals surface area contributed by atoms with Gasteiger partial charge in [0.2, 0.25) is 0 Å². The molecule has 12 heavy (non-hydrogen) atoms. The van der Waals surface area contributed by atoms with Crippen molar-refractivity contribution in [2.24, 2.45) is 11.8 Å². The maximum absolute atomic E-state index is 2.40. The average molecular weight is 169 g/mol. The molecule has 1 heteroatoms. The Morgan fingerprint density at radius 1 is 1.00 bits per heavy atom. The number of allylic oxidation sites excluding steroid dienone is 1. The molecule has 0 aromatic heterocycles. The van der Waals surface area contributed by atoms with Crippen molar-refractivity contribution in [3.05, 3.63) is 12.3 Å². The van der Waals surface area contributed by atoms with Gasteiger partial charge in [-0.25, -0.2) is 0 Å². The fourth-order valence-corrected chi connectivity index (χ4v) is 1.35. The van der Waals surface area contributed by atoms with Crippen LogP contribution < -0.4 is 0 Å². The molecule has 0 saturated heterocycles. The van der Waals surface area contributed by atoms with E-state index in [4.69, 9.17) is 0 Å². The molecule has 0 atom stereocenters. The van der Waals surface area contributed by atoms with Gasteiger partial charge in [-0.05, 0) is 25.0 Å². The Morgan fingerprint density at radius 3 is 1.67 bits per heavy atom. The van der Waals surface area contributed by atoms with Crippen LogP contribution >= 0.6 is 0 Å². The Bertz CT molecular complexity index is 115. The summed E-state index contributed by atoms with van der Waals surface area (Å²) in [5, 5.41) is 0. The molecule has 0 bridgehead atoms. The van der Waals surface area contributed by atoms with Crippen molar-refractivity contribution in [3.8, 4) is 0 Å². The van der Waals surface area contributed by atoms with Gasteiger partial charge in [-0.15, -0.1) is 0 Å². The first-order valence-corrected chi connectivity index (χ1v) is 4.93. The average Bonchev–Trinajstić information content (AvgIpc) is 1.84. The molecule has 0 aliphatic rings. The zero-order chi connectivity index (χ0) is 9.56. The quantitative estimate of drug-likeness (QED) is 0.611. The zero-order valence-corrected chi connectivity index (χ0v) is 9.17. The molecule has 0 fully saturated rings. The third-order valence-corrected chi connectivity index (χ3v) is 1.56. The van der Waals surface area contributed by atoms with Crippen LogP contribution in [0.5, 0.6) is 0 Å². The Balaban J connectivity index is 3.86. The van der Waals surface area contributed by atoms with Crippen LogP contribution in [0, 0.1) is 11.8 Å². The summed E-state index contributed by atoms with van der Waals surface area (Å²) >= 11 is 0. The van der Waals surface area contributed by atoms with Gasteiger partial charge in [0.05, 0.1) is 0 Å². The Morgan fingerprint density at radius 2 is 1.42 bits per heavy atom. The van der Waals surface area contributed by atoms with E-state index in [1.54, 1.807) is 0 Å². The molecule has 0 N–H and O–H groups in total. The van der Waals surface area contributed by atoms with Crippen LogP contribution in [0.1, 0.15) is 34.6 Å². The monoisotopic (exact) mass is 169 g/mol. The third kappa shape index (κ3) is 6.26. The maximum atomic E-state index is 2.40. The van der Waals surface area contributed by atoms with E-state index in [9.17, 15) is 0 Å². The van der Waals surface area contributed by atoms with Crippen LogP contribution in [0.15, 0.2) is 12.3 Å². The van der Waals surface area contributed by atoms with Gasteiger partial charge in [0.25, 0.3) is 0 Å². The van der Waals surface area contributed by atoms with Crippen molar-refractivity contribution in [1.29, 1.82) is 0 Å². The molecule has 0 aromatic carbocycles. The molecule has 0 radical (unpaired) electrons. The highest BCUT2D eigenvalue weighted by atomic mass is 15.1. The first-order valence-electron chi connectivity index (χ1n) is 4.93. The standard InChI is InChI=1S/C11H23N/c1-6-7-12(8-10(2)3)9-11(4)5/h6-7,10-11H,8-9H2,1-5H3/b7-6+. The van der Waals surface area contributed by atoms with Gasteiger partial charge in [-0.1, -0.05) is 33.8 Å². The van der Waals surface area contributed by atoms with Crippen LogP contribution in [0.3, 0.4) is 0 Å². The van der Waals surface area contributed by atoms with Crippen LogP contribution in [-0.2, 0) is 0 Å². The lowest BCUT2D eigenvalue weighted by Gasteiger charge is -2.24. The first kappa shape index (κ1) is 11.5. The van der Waals surface area contributed by atoms with E-state index < -0.39 is 0 Å². The van der Waals surface area contributed by atoms with Crippen molar-refractivity contribution in [1.82, 2.24) is 4.90 Å². The van der Waals surface area contributed by atoms with Gasteiger partial charge >= 0.3 is 0 Å². The minimum Gasteiger partial charge on any atom is -0.377 e. The van der Waals surface area contributed by atoms with E-state index in [0.717, 1.165) is 11.8 Å². The normalized spacial score (nSPS) is 11.9. The van der Waals surface area contributed by atoms with E-state index in [-0.39, 0.29) is 0 Å². The molecule has 0 rings (SSSR count). The van der Waals surface area contributed by atoms with Gasteiger partial charge in [0.1, 0.15) is 0 Å². The molecule has 0 saturated carbocycles. The van der Waals surface area contributed by atoms with E-state index in [2.05, 4.69) is 51.8 Å². The lowest BCUT2D eigenvalue weighted by atomic mass is 10.1. The molecule has 0 aliphatic heterocycles. The first-order chi connectivity index (χ1) is 5.56. The van der Waals surface area contributed by atoms with Crippen LogP contribution in [0.2, 0.25) is 0 Å². The van der Waals surface area contributed by atoms with Crippen LogP contribution in [0.25, 0.3) is 0 Å². The SMILES string of the molecule is C/C=C/N(CC(C)C)CC(C)C. The second-order valence-corrected chi connectivity index (χ2v) is 4.22. The summed E-state index contributed by atoms with van der Waals surface area (Å²) in [7, 11) is 0. The van der Waals surface area contributed by atoms with Crippen molar-refractivity contribution in [2.45, 2.75) is 34.6 Å². The highest BCUT2D eigenvalue weighted by Crippen LogP contribution is 2.03. The summed E-state index contributed by atoms with van der Waals surface area (Å²) in [6.45, 7) is 13.5. The fraction of sp³-hybridized carbons (Fsp3) is 0.818. The third-order valence-electron chi connectivity index (χ3n) is 1.56. The molecule has 0 aromatic rings. The van der Waals surface area contributed by atoms with Crippen molar-refractivity contribution in [3.63, 3.8) is 0 Å². The van der Waals surface area contributed by atoms with Gasteiger partial charge in [0.15, 0.2) is 0 Å². The van der Waals surface area contributed by atoms with E-state index in [1.807, 2.05) is 0 Å². The molecule has 1 nitrogen and oxygen atoms in total. The Hall–Kier alpha value is -0.460. The highest BCUT2D eigenvalue weighted by molar-refractivity contribution is 4.79. The molecule has 0 unspecified atom stereocenters. The van der Waals surface area contributed by atoms with Crippen molar-refractivity contribution >= 4 is 0 Å². The topological polar surface area (TPSA) is 3.24 Å². The molecule has 0 amide bonds. The van der Waals surface area contributed by atoms with Crippen molar-refractivity contribution in [2.75, 3.05) is 13.1 Å². The van der Waals surface area contributed by atoms with E-state index >= 15 is 0 Å². The van der Waals surface area contributed by atoms with Gasteiger partial charge < -0.3 is 4.90 Å². The zero-order valence-electron chi connectivity index (χ0n) is 9.17. The minimum absolute atomic E-state index is 0.750. The number of hydrogen-bond donors (Lipinski definition) is 0. The van der Waals surface area contributed by atoms with E-state index in [1.165, 1.54) is 13.1 Å². The van der Waals surface area contributed by atoms with Gasteiger partial charge in [-0.3, -0.25) is 0 Å². The predicted octanol–water partition coefficient (Wildman–Crippen LogP) is 3.13. The largest absolute Gasteiger partial charge is 0.377 e. The molecular weight excluding hydrogens is 146 g/mol. The lowest BCUT2D eigenvalue weighted by molar-refractivity contribution is 0.296. The summed E-state index contributed by atoms with van der Waals surface area (Å²) in [6, 6.07) is 0. The smallest absolute Gasteiger partial charge is 0.0195 e. The summed E-state index contributed by atoms with van der Waals surface area (Å²) in [5.41, 5.74) is 0. The molecular formula is C11H23N. The summed E-state index contributed by atoms with van der Waals surface area (Å²) in [4.78, 5) is 2.40. The Labute approximate surface area is 77.5 Å². The predicted molar refractivity (Wildman–Crippen MR) is 56.1 cm³/mol. The van der Waals surface area contributed by atoms with E-state index in [0.29, 0.717) is 0 Å². The summed E-state index contributed by atoms with van der Waals surface area (Å²) < 4.78 is 0. The molecule has 0 heterocycles. The Kier molecular flexibility index (Phi) is 5.87. The van der Waals surface area contributed by atoms with Gasteiger partial charge in [-0.2, -0.15) is 0 Å². The fourth-order valence-electron chi connectivity index (χ4n) is 1.35. The number of rotatable bonds is 5. The van der Waals surface area contributed by atoms with Crippen molar-refractivity contribution < 1.29 is 0 Å². The van der Waals surface area contributed by atoms with Crippen LogP contribution in [0.4, 0.5) is 0 Å². The second-order valence-electron chi connectivity index (χ2n) is 4.22. The summed E-state index contributed by atoms with van der Waals surface area (Å²) in [6.07, 6.45) is 4.31. The minimum atomic E-state index is 0.750. The maximum Gasteiger partial charge on any atom is 0.0195 e. The molecule has 0 aliphatic carbocycles.